The predicted octanol–water partition coefficient (Wildman–Crippen LogP) is 4.27. The molecule has 0 unspecified atom stereocenters. The first kappa shape index (κ1) is 12.8. The van der Waals surface area contributed by atoms with Crippen LogP contribution in [0.2, 0.25) is 5.02 Å². The molecule has 0 aromatic heterocycles. The van der Waals surface area contributed by atoms with Crippen molar-refractivity contribution in [2.45, 2.75) is 25.9 Å². The first-order valence-corrected chi connectivity index (χ1v) is 6.12. The van der Waals surface area contributed by atoms with Crippen molar-refractivity contribution in [3.05, 3.63) is 34.9 Å². The Morgan fingerprint density at radius 3 is 2.40 bits per heavy atom. The lowest BCUT2D eigenvalue weighted by Crippen LogP contribution is -1.95. The maximum Gasteiger partial charge on any atom is 0.0716 e. The number of rotatable bonds is 7. The zero-order chi connectivity index (χ0) is 10.9. The molecule has 0 spiro atoms. The standard InChI is InChI=1S/C12H16Cl2O/c13-8-2-1-3-9-15-10-11-4-6-12(14)7-5-11/h4-7H,1-3,8-10H2. The molecule has 0 aliphatic heterocycles. The summed E-state index contributed by atoms with van der Waals surface area (Å²) >= 11 is 11.3. The van der Waals surface area contributed by atoms with Gasteiger partial charge in [0.1, 0.15) is 0 Å². The Morgan fingerprint density at radius 2 is 1.73 bits per heavy atom. The lowest BCUT2D eigenvalue weighted by Gasteiger charge is -2.03. The average molecular weight is 247 g/mol. The van der Waals surface area contributed by atoms with Crippen molar-refractivity contribution in [2.24, 2.45) is 0 Å². The minimum atomic E-state index is 0.665. The third-order valence-electron chi connectivity index (χ3n) is 2.10. The molecular weight excluding hydrogens is 231 g/mol. The molecule has 1 aromatic rings. The van der Waals surface area contributed by atoms with Gasteiger partial charge in [-0.25, -0.2) is 0 Å². The molecule has 1 aromatic carbocycles. The van der Waals surface area contributed by atoms with Crippen LogP contribution in [0.15, 0.2) is 24.3 Å². The van der Waals surface area contributed by atoms with E-state index in [9.17, 15) is 0 Å². The summed E-state index contributed by atoms with van der Waals surface area (Å²) in [5.74, 6) is 0.747. The second-order valence-electron chi connectivity index (χ2n) is 3.43. The van der Waals surface area contributed by atoms with Gasteiger partial charge in [-0.1, -0.05) is 23.7 Å². The summed E-state index contributed by atoms with van der Waals surface area (Å²) in [4.78, 5) is 0. The molecule has 1 nitrogen and oxygen atoms in total. The van der Waals surface area contributed by atoms with Crippen LogP contribution in [-0.2, 0) is 11.3 Å². The van der Waals surface area contributed by atoms with Crippen molar-refractivity contribution in [1.82, 2.24) is 0 Å². The Bertz CT molecular complexity index is 259. The molecule has 0 saturated carbocycles. The number of ether oxygens (including phenoxy) is 1. The summed E-state index contributed by atoms with van der Waals surface area (Å²) in [7, 11) is 0. The van der Waals surface area contributed by atoms with E-state index in [-0.39, 0.29) is 0 Å². The molecule has 0 radical (unpaired) electrons. The van der Waals surface area contributed by atoms with Crippen molar-refractivity contribution in [3.63, 3.8) is 0 Å². The minimum Gasteiger partial charge on any atom is -0.377 e. The maximum absolute atomic E-state index is 5.78. The van der Waals surface area contributed by atoms with Crippen molar-refractivity contribution >= 4 is 23.2 Å². The number of hydrogen-bond acceptors (Lipinski definition) is 1. The van der Waals surface area contributed by atoms with E-state index in [2.05, 4.69) is 0 Å². The van der Waals surface area contributed by atoms with Crippen LogP contribution in [0, 0.1) is 0 Å². The van der Waals surface area contributed by atoms with E-state index in [1.807, 2.05) is 24.3 Å². The SMILES string of the molecule is ClCCCCCOCc1ccc(Cl)cc1. The van der Waals surface area contributed by atoms with Gasteiger partial charge in [0.25, 0.3) is 0 Å². The van der Waals surface area contributed by atoms with E-state index in [0.717, 1.165) is 42.3 Å². The summed E-state index contributed by atoms with van der Waals surface area (Å²) in [6, 6.07) is 7.74. The molecule has 0 N–H and O–H groups in total. The molecule has 15 heavy (non-hydrogen) atoms. The van der Waals surface area contributed by atoms with E-state index in [4.69, 9.17) is 27.9 Å². The molecular formula is C12H16Cl2O. The smallest absolute Gasteiger partial charge is 0.0716 e. The van der Waals surface area contributed by atoms with E-state index in [1.165, 1.54) is 0 Å². The van der Waals surface area contributed by atoms with Gasteiger partial charge in [0.05, 0.1) is 6.61 Å². The number of halogens is 2. The fourth-order valence-electron chi connectivity index (χ4n) is 1.25. The Kier molecular flexibility index (Phi) is 6.82. The van der Waals surface area contributed by atoms with Crippen LogP contribution in [0.1, 0.15) is 24.8 Å². The topological polar surface area (TPSA) is 9.23 Å². The van der Waals surface area contributed by atoms with Gasteiger partial charge >= 0.3 is 0 Å². The summed E-state index contributed by atoms with van der Waals surface area (Å²) in [5.41, 5.74) is 1.16. The van der Waals surface area contributed by atoms with E-state index < -0.39 is 0 Å². The summed E-state index contributed by atoms with van der Waals surface area (Å²) in [6.07, 6.45) is 3.30. The van der Waals surface area contributed by atoms with Crippen molar-refractivity contribution in [3.8, 4) is 0 Å². The third kappa shape index (κ3) is 6.03. The monoisotopic (exact) mass is 246 g/mol. The molecule has 0 heterocycles. The fourth-order valence-corrected chi connectivity index (χ4v) is 1.56. The molecule has 0 saturated heterocycles. The van der Waals surface area contributed by atoms with Crippen LogP contribution in [0.5, 0.6) is 0 Å². The van der Waals surface area contributed by atoms with Gasteiger partial charge < -0.3 is 4.74 Å². The van der Waals surface area contributed by atoms with Gasteiger partial charge in [-0.05, 0) is 37.0 Å². The Morgan fingerprint density at radius 1 is 1.00 bits per heavy atom. The predicted molar refractivity (Wildman–Crippen MR) is 65.7 cm³/mol. The summed E-state index contributed by atoms with van der Waals surface area (Å²) in [5, 5.41) is 0.765. The van der Waals surface area contributed by atoms with Gasteiger partial charge in [0.15, 0.2) is 0 Å². The van der Waals surface area contributed by atoms with Gasteiger partial charge in [-0.15, -0.1) is 11.6 Å². The average Bonchev–Trinajstić information content (AvgIpc) is 2.26. The number of hydrogen-bond donors (Lipinski definition) is 0. The minimum absolute atomic E-state index is 0.665. The zero-order valence-corrected chi connectivity index (χ0v) is 10.2. The van der Waals surface area contributed by atoms with Crippen molar-refractivity contribution < 1.29 is 4.74 Å². The molecule has 84 valence electrons. The van der Waals surface area contributed by atoms with Crippen LogP contribution in [0.4, 0.5) is 0 Å². The molecule has 3 heteroatoms. The highest BCUT2D eigenvalue weighted by molar-refractivity contribution is 6.30. The molecule has 0 aliphatic carbocycles. The van der Waals surface area contributed by atoms with Gasteiger partial charge in [0, 0.05) is 17.5 Å². The molecule has 0 fully saturated rings. The number of alkyl halides is 1. The van der Waals surface area contributed by atoms with Crippen LogP contribution in [-0.4, -0.2) is 12.5 Å². The van der Waals surface area contributed by atoms with Crippen molar-refractivity contribution in [1.29, 1.82) is 0 Å². The van der Waals surface area contributed by atoms with Gasteiger partial charge in [-0.3, -0.25) is 0 Å². The Balaban J connectivity index is 2.07. The highest BCUT2D eigenvalue weighted by Crippen LogP contribution is 2.10. The first-order valence-electron chi connectivity index (χ1n) is 5.21. The maximum atomic E-state index is 5.78. The highest BCUT2D eigenvalue weighted by atomic mass is 35.5. The van der Waals surface area contributed by atoms with Gasteiger partial charge in [-0.2, -0.15) is 0 Å². The lowest BCUT2D eigenvalue weighted by atomic mass is 10.2. The van der Waals surface area contributed by atoms with E-state index in [0.29, 0.717) is 6.61 Å². The summed E-state index contributed by atoms with van der Waals surface area (Å²) < 4.78 is 5.52. The van der Waals surface area contributed by atoms with E-state index >= 15 is 0 Å². The fraction of sp³-hybridized carbons (Fsp3) is 0.500. The third-order valence-corrected chi connectivity index (χ3v) is 2.62. The van der Waals surface area contributed by atoms with Crippen LogP contribution < -0.4 is 0 Å². The number of benzene rings is 1. The summed E-state index contributed by atoms with van der Waals surface area (Å²) in [6.45, 7) is 1.47. The van der Waals surface area contributed by atoms with Crippen LogP contribution >= 0.6 is 23.2 Å². The van der Waals surface area contributed by atoms with E-state index in [1.54, 1.807) is 0 Å². The molecule has 0 bridgehead atoms. The second-order valence-corrected chi connectivity index (χ2v) is 4.24. The molecule has 0 amide bonds. The molecule has 0 atom stereocenters. The highest BCUT2D eigenvalue weighted by Gasteiger charge is 1.93. The Hall–Kier alpha value is -0.240. The normalized spacial score (nSPS) is 10.5. The van der Waals surface area contributed by atoms with Crippen LogP contribution in [0.3, 0.4) is 0 Å². The zero-order valence-electron chi connectivity index (χ0n) is 8.72. The van der Waals surface area contributed by atoms with Crippen LogP contribution in [0.25, 0.3) is 0 Å². The largest absolute Gasteiger partial charge is 0.377 e. The lowest BCUT2D eigenvalue weighted by molar-refractivity contribution is 0.117. The van der Waals surface area contributed by atoms with Crippen molar-refractivity contribution in [2.75, 3.05) is 12.5 Å². The first-order chi connectivity index (χ1) is 7.33. The molecule has 1 rings (SSSR count). The van der Waals surface area contributed by atoms with Gasteiger partial charge in [0.2, 0.25) is 0 Å². The number of unbranched alkanes of at least 4 members (excludes halogenated alkanes) is 2. The molecule has 0 aliphatic rings. The quantitative estimate of drug-likeness (QED) is 0.516. The second kappa shape index (κ2) is 7.98. The Labute approximate surface area is 101 Å².